The maximum atomic E-state index is 11.8. The van der Waals surface area contributed by atoms with Crippen LogP contribution in [0.4, 0.5) is 5.69 Å². The predicted octanol–water partition coefficient (Wildman–Crippen LogP) is 1.67. The molecule has 1 aromatic heterocycles. The minimum Gasteiger partial charge on any atom is -0.478 e. The number of hydrogen-bond donors (Lipinski definition) is 3. The Balaban J connectivity index is 2.27. The molecule has 6 nitrogen and oxygen atoms in total. The minimum atomic E-state index is -1.02. The summed E-state index contributed by atoms with van der Waals surface area (Å²) >= 11 is 0. The van der Waals surface area contributed by atoms with Crippen LogP contribution < -0.4 is 5.32 Å². The molecule has 3 N–H and O–H groups in total. The highest BCUT2D eigenvalue weighted by Crippen LogP contribution is 2.19. The number of carbonyl (C=O) groups is 2. The second kappa shape index (κ2) is 4.70. The number of aromatic carboxylic acids is 1. The lowest BCUT2D eigenvalue weighted by Crippen LogP contribution is -2.14. The maximum absolute atomic E-state index is 11.8. The molecule has 0 saturated carbocycles. The Morgan fingerprint density at radius 1 is 1.39 bits per heavy atom. The lowest BCUT2D eigenvalue weighted by Gasteiger charge is -2.09. The highest BCUT2D eigenvalue weighted by molar-refractivity contribution is 6.04. The number of nitrogens with zero attached hydrogens (tertiary/aromatic N) is 1. The van der Waals surface area contributed by atoms with E-state index in [1.165, 1.54) is 18.6 Å². The molecule has 1 amide bonds. The van der Waals surface area contributed by atoms with E-state index in [0.717, 1.165) is 0 Å². The monoisotopic (exact) mass is 245 g/mol. The first-order valence-electron chi connectivity index (χ1n) is 5.22. The van der Waals surface area contributed by atoms with Gasteiger partial charge in [0.05, 0.1) is 18.1 Å². The van der Waals surface area contributed by atoms with Crippen molar-refractivity contribution in [2.24, 2.45) is 0 Å². The number of nitrogens with one attached hydrogen (secondary N) is 2. The summed E-state index contributed by atoms with van der Waals surface area (Å²) in [4.78, 5) is 29.2. The smallest absolute Gasteiger partial charge is 0.336 e. The molecule has 2 rings (SSSR count). The van der Waals surface area contributed by atoms with Crippen LogP contribution in [0.1, 0.15) is 26.4 Å². The van der Waals surface area contributed by atoms with Crippen molar-refractivity contribution in [3.63, 3.8) is 0 Å². The van der Waals surface area contributed by atoms with E-state index in [1.807, 2.05) is 0 Å². The zero-order chi connectivity index (χ0) is 13.1. The molecule has 0 saturated heterocycles. The van der Waals surface area contributed by atoms with Crippen LogP contribution in [0.2, 0.25) is 0 Å². The molecule has 0 radical (unpaired) electrons. The molecule has 0 aliphatic heterocycles. The third kappa shape index (κ3) is 2.22. The van der Waals surface area contributed by atoms with E-state index < -0.39 is 5.97 Å². The molecular weight excluding hydrogens is 234 g/mol. The van der Waals surface area contributed by atoms with Gasteiger partial charge in [-0.05, 0) is 24.6 Å². The second-order valence-corrected chi connectivity index (χ2v) is 3.70. The first kappa shape index (κ1) is 11.8. The number of H-pyrrole nitrogens is 1. The lowest BCUT2D eigenvalue weighted by atomic mass is 10.1. The Labute approximate surface area is 103 Å². The number of carbonyl (C=O) groups excluding carboxylic acids is 1. The molecule has 92 valence electrons. The van der Waals surface area contributed by atoms with Gasteiger partial charge in [0.2, 0.25) is 0 Å². The first-order valence-corrected chi connectivity index (χ1v) is 5.22. The fraction of sp³-hybridized carbons (Fsp3) is 0.0833. The Bertz CT molecular complexity index is 591. The average Bonchev–Trinajstić information content (AvgIpc) is 2.85. The summed E-state index contributed by atoms with van der Waals surface area (Å²) in [5.74, 6) is -1.39. The van der Waals surface area contributed by atoms with Gasteiger partial charge in [-0.1, -0.05) is 6.07 Å². The molecule has 0 unspecified atom stereocenters. The van der Waals surface area contributed by atoms with E-state index in [0.29, 0.717) is 16.9 Å². The Morgan fingerprint density at radius 2 is 2.17 bits per heavy atom. The number of hydrogen-bond acceptors (Lipinski definition) is 3. The SMILES string of the molecule is Cc1c(NC(=O)c2cnc[nH]2)cccc1C(=O)O. The summed E-state index contributed by atoms with van der Waals surface area (Å²) in [7, 11) is 0. The van der Waals surface area contributed by atoms with Gasteiger partial charge in [0, 0.05) is 5.69 Å². The topological polar surface area (TPSA) is 95.1 Å². The van der Waals surface area contributed by atoms with Crippen LogP contribution in [0, 0.1) is 6.92 Å². The zero-order valence-electron chi connectivity index (χ0n) is 9.60. The molecule has 0 atom stereocenters. The summed E-state index contributed by atoms with van der Waals surface area (Å²) in [6.45, 7) is 1.64. The Hall–Kier alpha value is -2.63. The molecule has 6 heteroatoms. The van der Waals surface area contributed by atoms with Gasteiger partial charge in [-0.3, -0.25) is 4.79 Å². The van der Waals surface area contributed by atoms with Gasteiger partial charge < -0.3 is 15.4 Å². The fourth-order valence-electron chi connectivity index (χ4n) is 1.57. The summed E-state index contributed by atoms with van der Waals surface area (Å²) in [6, 6.07) is 4.72. The van der Waals surface area contributed by atoms with Gasteiger partial charge >= 0.3 is 5.97 Å². The van der Waals surface area contributed by atoms with Gasteiger partial charge in [-0.2, -0.15) is 0 Å². The van der Waals surface area contributed by atoms with Crippen molar-refractivity contribution in [1.82, 2.24) is 9.97 Å². The normalized spacial score (nSPS) is 10.1. The zero-order valence-corrected chi connectivity index (χ0v) is 9.60. The van der Waals surface area contributed by atoms with Gasteiger partial charge in [0.15, 0.2) is 0 Å². The molecular formula is C12H11N3O3. The number of imidazole rings is 1. The van der Waals surface area contributed by atoms with Crippen molar-refractivity contribution in [2.75, 3.05) is 5.32 Å². The lowest BCUT2D eigenvalue weighted by molar-refractivity contribution is 0.0695. The third-order valence-electron chi connectivity index (χ3n) is 2.56. The Morgan fingerprint density at radius 3 is 2.78 bits per heavy atom. The summed E-state index contributed by atoms with van der Waals surface area (Å²) in [5.41, 5.74) is 1.46. The van der Waals surface area contributed by atoms with Crippen molar-refractivity contribution in [3.8, 4) is 0 Å². The Kier molecular flexibility index (Phi) is 3.09. The minimum absolute atomic E-state index is 0.164. The van der Waals surface area contributed by atoms with Crippen molar-refractivity contribution in [1.29, 1.82) is 0 Å². The van der Waals surface area contributed by atoms with Crippen molar-refractivity contribution < 1.29 is 14.7 Å². The van der Waals surface area contributed by atoms with Gasteiger partial charge in [0.1, 0.15) is 5.69 Å². The molecule has 1 aromatic carbocycles. The van der Waals surface area contributed by atoms with E-state index in [1.54, 1.807) is 19.1 Å². The second-order valence-electron chi connectivity index (χ2n) is 3.70. The van der Waals surface area contributed by atoms with E-state index in [4.69, 9.17) is 5.11 Å². The molecule has 18 heavy (non-hydrogen) atoms. The van der Waals surface area contributed by atoms with Crippen LogP contribution in [0.3, 0.4) is 0 Å². The number of benzene rings is 1. The van der Waals surface area contributed by atoms with Gasteiger partial charge in [-0.15, -0.1) is 0 Å². The van der Waals surface area contributed by atoms with E-state index in [-0.39, 0.29) is 11.5 Å². The number of amides is 1. The van der Waals surface area contributed by atoms with Crippen LogP contribution in [0.5, 0.6) is 0 Å². The molecule has 0 bridgehead atoms. The van der Waals surface area contributed by atoms with Crippen LogP contribution in [0.25, 0.3) is 0 Å². The van der Waals surface area contributed by atoms with Crippen LogP contribution in [-0.4, -0.2) is 27.0 Å². The third-order valence-corrected chi connectivity index (χ3v) is 2.56. The van der Waals surface area contributed by atoms with E-state index >= 15 is 0 Å². The summed E-state index contributed by atoms with van der Waals surface area (Å²) in [5, 5.41) is 11.6. The van der Waals surface area contributed by atoms with Crippen molar-refractivity contribution in [3.05, 3.63) is 47.5 Å². The molecule has 2 aromatic rings. The number of aromatic nitrogens is 2. The van der Waals surface area contributed by atoms with E-state index in [2.05, 4.69) is 15.3 Å². The quantitative estimate of drug-likeness (QED) is 0.766. The molecule has 0 aliphatic carbocycles. The van der Waals surface area contributed by atoms with Crippen LogP contribution >= 0.6 is 0 Å². The molecule has 0 fully saturated rings. The highest BCUT2D eigenvalue weighted by Gasteiger charge is 2.13. The first-order chi connectivity index (χ1) is 8.59. The van der Waals surface area contributed by atoms with Crippen LogP contribution in [0.15, 0.2) is 30.7 Å². The molecule has 0 aliphatic rings. The predicted molar refractivity (Wildman–Crippen MR) is 64.7 cm³/mol. The number of carboxylic acid groups (broad SMARTS) is 1. The standard InChI is InChI=1S/C12H11N3O3/c1-7-8(12(17)18)3-2-4-9(7)15-11(16)10-5-13-6-14-10/h2-6H,1H3,(H,13,14)(H,15,16)(H,17,18). The maximum Gasteiger partial charge on any atom is 0.336 e. The van der Waals surface area contributed by atoms with Gasteiger partial charge in [0.25, 0.3) is 5.91 Å². The van der Waals surface area contributed by atoms with Crippen molar-refractivity contribution >= 4 is 17.6 Å². The number of anilines is 1. The molecule has 1 heterocycles. The fourth-order valence-corrected chi connectivity index (χ4v) is 1.57. The van der Waals surface area contributed by atoms with Crippen LogP contribution in [-0.2, 0) is 0 Å². The van der Waals surface area contributed by atoms with Crippen molar-refractivity contribution in [2.45, 2.75) is 6.92 Å². The number of rotatable bonds is 3. The molecule has 0 spiro atoms. The van der Waals surface area contributed by atoms with E-state index in [9.17, 15) is 9.59 Å². The number of aromatic amines is 1. The largest absolute Gasteiger partial charge is 0.478 e. The van der Waals surface area contributed by atoms with Gasteiger partial charge in [-0.25, -0.2) is 9.78 Å². The summed E-state index contributed by atoms with van der Waals surface area (Å²) < 4.78 is 0. The average molecular weight is 245 g/mol. The number of carboxylic acids is 1. The summed E-state index contributed by atoms with van der Waals surface area (Å²) in [6.07, 6.45) is 2.79. The highest BCUT2D eigenvalue weighted by atomic mass is 16.4.